The highest BCUT2D eigenvalue weighted by Crippen LogP contribution is 2.25. The van der Waals surface area contributed by atoms with E-state index in [0.717, 1.165) is 12.1 Å². The van der Waals surface area contributed by atoms with Crippen molar-refractivity contribution in [3.05, 3.63) is 29.6 Å². The third kappa shape index (κ3) is 3.47. The van der Waals surface area contributed by atoms with E-state index >= 15 is 0 Å². The first-order chi connectivity index (χ1) is 9.79. The van der Waals surface area contributed by atoms with Gasteiger partial charge >= 0.3 is 5.97 Å². The van der Waals surface area contributed by atoms with Crippen LogP contribution in [0.25, 0.3) is 0 Å². The van der Waals surface area contributed by atoms with Gasteiger partial charge in [0, 0.05) is 17.7 Å². The minimum Gasteiger partial charge on any atom is -0.485 e. The van der Waals surface area contributed by atoms with Crippen molar-refractivity contribution in [1.29, 1.82) is 0 Å². The third-order valence-electron chi connectivity index (χ3n) is 2.53. The van der Waals surface area contributed by atoms with Gasteiger partial charge in [0.25, 0.3) is 9.05 Å². The summed E-state index contributed by atoms with van der Waals surface area (Å²) in [6.45, 7) is -0.0727. The van der Waals surface area contributed by atoms with Crippen molar-refractivity contribution in [1.82, 2.24) is 20.2 Å². The van der Waals surface area contributed by atoms with Gasteiger partial charge in [-0.3, -0.25) is 0 Å². The van der Waals surface area contributed by atoms with E-state index in [9.17, 15) is 13.2 Å². The smallest absolute Gasteiger partial charge is 0.339 e. The van der Waals surface area contributed by atoms with Crippen molar-refractivity contribution < 1.29 is 23.1 Å². The summed E-state index contributed by atoms with van der Waals surface area (Å²) in [5.41, 5.74) is -0.327. The number of aromatic nitrogens is 4. The van der Waals surface area contributed by atoms with Gasteiger partial charge in [-0.05, 0) is 28.6 Å². The first kappa shape index (κ1) is 15.2. The summed E-state index contributed by atoms with van der Waals surface area (Å²) >= 11 is 0. The maximum Gasteiger partial charge on any atom is 0.339 e. The van der Waals surface area contributed by atoms with E-state index in [1.807, 2.05) is 0 Å². The molecule has 0 saturated carbocycles. The molecule has 0 aliphatic carbocycles. The Morgan fingerprint density at radius 3 is 2.71 bits per heavy atom. The van der Waals surface area contributed by atoms with Crippen molar-refractivity contribution >= 4 is 25.7 Å². The molecule has 0 saturated heterocycles. The zero-order valence-corrected chi connectivity index (χ0v) is 12.2. The minimum atomic E-state index is -4.02. The Kier molecular flexibility index (Phi) is 4.09. The Balaban J connectivity index is 2.31. The van der Waals surface area contributed by atoms with Gasteiger partial charge in [-0.15, -0.1) is 5.10 Å². The molecule has 0 unspecified atom stereocenters. The van der Waals surface area contributed by atoms with Crippen LogP contribution in [0.4, 0.5) is 0 Å². The molecule has 0 amide bonds. The van der Waals surface area contributed by atoms with E-state index in [1.54, 1.807) is 7.05 Å². The molecule has 0 radical (unpaired) electrons. The summed E-state index contributed by atoms with van der Waals surface area (Å²) in [6.07, 6.45) is 0. The minimum absolute atomic E-state index is 0.0189. The number of tetrazole rings is 1. The van der Waals surface area contributed by atoms with Crippen LogP contribution in [-0.4, -0.2) is 39.7 Å². The summed E-state index contributed by atoms with van der Waals surface area (Å²) in [5, 5.41) is 19.8. The lowest BCUT2D eigenvalue weighted by Crippen LogP contribution is -2.08. The Labute approximate surface area is 123 Å². The highest BCUT2D eigenvalue weighted by Gasteiger charge is 2.18. The standard InChI is InChI=1S/C10H9ClN4O5S/c1-15-9(12-13-14-15)5-20-8-3-2-6(21(11,18)19)4-7(8)10(16)17/h2-4H,5H2,1H3,(H,16,17). The average Bonchev–Trinajstić information content (AvgIpc) is 2.80. The van der Waals surface area contributed by atoms with E-state index < -0.39 is 15.0 Å². The largest absolute Gasteiger partial charge is 0.485 e. The monoisotopic (exact) mass is 332 g/mol. The van der Waals surface area contributed by atoms with Gasteiger partial charge in [0.2, 0.25) is 0 Å². The molecule has 1 aromatic carbocycles. The number of hydrogen-bond acceptors (Lipinski definition) is 7. The summed E-state index contributed by atoms with van der Waals surface area (Å²) in [4.78, 5) is 10.8. The van der Waals surface area contributed by atoms with Gasteiger partial charge in [0.05, 0.1) is 4.90 Å². The predicted molar refractivity (Wildman–Crippen MR) is 69.6 cm³/mol. The van der Waals surface area contributed by atoms with E-state index in [2.05, 4.69) is 15.5 Å². The van der Waals surface area contributed by atoms with Crippen LogP contribution >= 0.6 is 10.7 Å². The zero-order chi connectivity index (χ0) is 15.6. The number of carbonyl (C=O) groups is 1. The normalized spacial score (nSPS) is 11.3. The van der Waals surface area contributed by atoms with E-state index in [-0.39, 0.29) is 22.8 Å². The third-order valence-corrected chi connectivity index (χ3v) is 3.88. The molecule has 0 atom stereocenters. The van der Waals surface area contributed by atoms with Gasteiger partial charge in [0.1, 0.15) is 17.9 Å². The van der Waals surface area contributed by atoms with Crippen molar-refractivity contribution in [2.45, 2.75) is 11.5 Å². The molecule has 0 aliphatic rings. The van der Waals surface area contributed by atoms with Gasteiger partial charge < -0.3 is 9.84 Å². The number of carboxylic acids is 1. The number of nitrogens with zero attached hydrogens (tertiary/aromatic N) is 4. The highest BCUT2D eigenvalue weighted by atomic mass is 35.7. The molecule has 1 N–H and O–H groups in total. The van der Waals surface area contributed by atoms with Crippen molar-refractivity contribution in [3.8, 4) is 5.75 Å². The first-order valence-corrected chi connectivity index (χ1v) is 7.76. The van der Waals surface area contributed by atoms with Gasteiger partial charge in [0.15, 0.2) is 5.82 Å². The molecule has 1 heterocycles. The van der Waals surface area contributed by atoms with E-state index in [4.69, 9.17) is 20.5 Å². The summed E-state index contributed by atoms with van der Waals surface area (Å²) in [7, 11) is 2.75. The van der Waals surface area contributed by atoms with Crippen LogP contribution in [0.1, 0.15) is 16.2 Å². The van der Waals surface area contributed by atoms with Crippen LogP contribution in [-0.2, 0) is 22.7 Å². The van der Waals surface area contributed by atoms with Crippen LogP contribution in [0.5, 0.6) is 5.75 Å². The molecule has 0 spiro atoms. The van der Waals surface area contributed by atoms with Gasteiger partial charge in [-0.1, -0.05) is 0 Å². The summed E-state index contributed by atoms with van der Waals surface area (Å²) < 4.78 is 29.1. The highest BCUT2D eigenvalue weighted by molar-refractivity contribution is 8.13. The molecular weight excluding hydrogens is 324 g/mol. The Bertz CT molecular complexity index is 788. The molecule has 0 fully saturated rings. The van der Waals surface area contributed by atoms with Crippen LogP contribution < -0.4 is 4.74 Å². The van der Waals surface area contributed by atoms with Crippen molar-refractivity contribution in [2.75, 3.05) is 0 Å². The number of benzene rings is 1. The number of ether oxygens (including phenoxy) is 1. The molecular formula is C10H9ClN4O5S. The number of carboxylic acid groups (broad SMARTS) is 1. The lowest BCUT2D eigenvalue weighted by atomic mass is 10.2. The second-order valence-electron chi connectivity index (χ2n) is 3.91. The van der Waals surface area contributed by atoms with Gasteiger partial charge in [-0.2, -0.15) is 0 Å². The SMILES string of the molecule is Cn1nnnc1COc1ccc(S(=O)(=O)Cl)cc1C(=O)O. The quantitative estimate of drug-likeness (QED) is 0.781. The Morgan fingerprint density at radius 1 is 1.48 bits per heavy atom. The number of hydrogen-bond donors (Lipinski definition) is 1. The fraction of sp³-hybridized carbons (Fsp3) is 0.200. The number of rotatable bonds is 5. The molecule has 11 heteroatoms. The topological polar surface area (TPSA) is 124 Å². The molecule has 2 aromatic rings. The Morgan fingerprint density at radius 2 is 2.19 bits per heavy atom. The van der Waals surface area contributed by atoms with Crippen LogP contribution in [0.15, 0.2) is 23.1 Å². The molecule has 9 nitrogen and oxygen atoms in total. The fourth-order valence-corrected chi connectivity index (χ4v) is 2.24. The zero-order valence-electron chi connectivity index (χ0n) is 10.6. The first-order valence-electron chi connectivity index (χ1n) is 5.45. The summed E-state index contributed by atoms with van der Waals surface area (Å²) in [6, 6.07) is 3.29. The summed E-state index contributed by atoms with van der Waals surface area (Å²) in [5.74, 6) is -0.988. The molecule has 2 rings (SSSR count). The number of aryl methyl sites for hydroxylation is 1. The Hall–Kier alpha value is -2.20. The molecule has 1 aromatic heterocycles. The molecule has 112 valence electrons. The van der Waals surface area contributed by atoms with Crippen LogP contribution in [0.2, 0.25) is 0 Å². The van der Waals surface area contributed by atoms with E-state index in [0.29, 0.717) is 5.82 Å². The molecule has 0 aliphatic heterocycles. The number of aromatic carboxylic acids is 1. The lowest BCUT2D eigenvalue weighted by molar-refractivity contribution is 0.0691. The average molecular weight is 333 g/mol. The molecule has 0 bridgehead atoms. The van der Waals surface area contributed by atoms with Crippen molar-refractivity contribution in [2.24, 2.45) is 7.05 Å². The van der Waals surface area contributed by atoms with Crippen molar-refractivity contribution in [3.63, 3.8) is 0 Å². The molecule has 21 heavy (non-hydrogen) atoms. The lowest BCUT2D eigenvalue weighted by Gasteiger charge is -2.09. The van der Waals surface area contributed by atoms with E-state index in [1.165, 1.54) is 10.7 Å². The van der Waals surface area contributed by atoms with Gasteiger partial charge in [-0.25, -0.2) is 17.9 Å². The second-order valence-corrected chi connectivity index (χ2v) is 6.47. The van der Waals surface area contributed by atoms with Crippen LogP contribution in [0, 0.1) is 0 Å². The fourth-order valence-electron chi connectivity index (χ4n) is 1.47. The predicted octanol–water partition coefficient (Wildman–Crippen LogP) is 0.415. The van der Waals surface area contributed by atoms with Crippen LogP contribution in [0.3, 0.4) is 0 Å². The maximum atomic E-state index is 11.2. The maximum absolute atomic E-state index is 11.2. The second kappa shape index (κ2) is 5.66. The number of halogens is 1.